The monoisotopic (exact) mass is 442 g/mol. The summed E-state index contributed by atoms with van der Waals surface area (Å²) in [6, 6.07) is 9.41. The zero-order chi connectivity index (χ0) is 23.7. The van der Waals surface area contributed by atoms with Crippen LogP contribution < -0.4 is 20.3 Å². The van der Waals surface area contributed by atoms with Gasteiger partial charge in [0, 0.05) is 24.0 Å². The van der Waals surface area contributed by atoms with Crippen LogP contribution in [0.4, 0.5) is 0 Å². The van der Waals surface area contributed by atoms with Crippen molar-refractivity contribution in [2.24, 2.45) is 10.2 Å². The summed E-state index contributed by atoms with van der Waals surface area (Å²) >= 11 is 0. The van der Waals surface area contributed by atoms with E-state index in [4.69, 9.17) is 9.47 Å². The lowest BCUT2D eigenvalue weighted by Crippen LogP contribution is -2.24. The van der Waals surface area contributed by atoms with Gasteiger partial charge in [-0.25, -0.2) is 10.9 Å². The Hall–Kier alpha value is -4.08. The molecule has 0 saturated heterocycles. The van der Waals surface area contributed by atoms with Crippen LogP contribution in [0.15, 0.2) is 46.6 Å². The van der Waals surface area contributed by atoms with Crippen LogP contribution in [-0.2, 0) is 9.59 Å². The Morgan fingerprint density at radius 1 is 0.781 bits per heavy atom. The molecular formula is C22H26N4O6. The van der Waals surface area contributed by atoms with Crippen molar-refractivity contribution in [2.75, 3.05) is 14.2 Å². The van der Waals surface area contributed by atoms with Gasteiger partial charge in [-0.05, 0) is 50.2 Å². The van der Waals surface area contributed by atoms with Gasteiger partial charge < -0.3 is 19.7 Å². The average Bonchev–Trinajstić information content (AvgIpc) is 2.80. The Kier molecular flexibility index (Phi) is 8.58. The minimum Gasteiger partial charge on any atom is -0.504 e. The number of carbonyl (C=O) groups excluding carboxylic acids is 2. The normalized spacial score (nSPS) is 11.6. The molecule has 0 spiro atoms. The number of aromatic hydroxyl groups is 2. The number of carbonyl (C=O) groups is 2. The Morgan fingerprint density at radius 3 is 1.50 bits per heavy atom. The minimum atomic E-state index is -0.436. The molecule has 0 radical (unpaired) electrons. The van der Waals surface area contributed by atoms with E-state index in [1.165, 1.54) is 26.4 Å². The molecule has 0 heterocycles. The zero-order valence-electron chi connectivity index (χ0n) is 18.3. The van der Waals surface area contributed by atoms with E-state index < -0.39 is 11.8 Å². The van der Waals surface area contributed by atoms with Gasteiger partial charge in [0.05, 0.1) is 25.6 Å². The number of hydrogen-bond acceptors (Lipinski definition) is 8. The first kappa shape index (κ1) is 24.2. The summed E-state index contributed by atoms with van der Waals surface area (Å²) in [7, 11) is 2.87. The maximum Gasteiger partial charge on any atom is 0.240 e. The molecule has 170 valence electrons. The Labute approximate surface area is 185 Å². The van der Waals surface area contributed by atoms with E-state index in [0.29, 0.717) is 34.0 Å². The molecule has 2 aromatic carbocycles. The first-order chi connectivity index (χ1) is 15.2. The molecule has 4 N–H and O–H groups in total. The number of hydrogen-bond donors (Lipinski definition) is 4. The first-order valence-corrected chi connectivity index (χ1v) is 9.66. The van der Waals surface area contributed by atoms with Crippen LogP contribution >= 0.6 is 0 Å². The highest BCUT2D eigenvalue weighted by atomic mass is 16.5. The molecule has 2 aromatic rings. The van der Waals surface area contributed by atoms with Crippen LogP contribution in [0.1, 0.15) is 37.8 Å². The van der Waals surface area contributed by atoms with Gasteiger partial charge >= 0.3 is 0 Å². The molecular weight excluding hydrogens is 416 g/mol. The number of nitrogens with zero attached hydrogens (tertiary/aromatic N) is 2. The van der Waals surface area contributed by atoms with Crippen molar-refractivity contribution in [1.29, 1.82) is 0 Å². The second-order valence-corrected chi connectivity index (χ2v) is 6.74. The summed E-state index contributed by atoms with van der Waals surface area (Å²) in [5.41, 5.74) is 7.11. The van der Waals surface area contributed by atoms with E-state index in [1.807, 2.05) is 0 Å². The van der Waals surface area contributed by atoms with Crippen molar-refractivity contribution >= 4 is 23.2 Å². The maximum atomic E-state index is 12.0. The van der Waals surface area contributed by atoms with Crippen LogP contribution in [-0.4, -0.2) is 47.7 Å². The van der Waals surface area contributed by atoms with E-state index >= 15 is 0 Å². The lowest BCUT2D eigenvalue weighted by atomic mass is 10.1. The van der Waals surface area contributed by atoms with Crippen LogP contribution in [0.2, 0.25) is 0 Å². The number of phenolic OH excluding ortho intramolecular Hbond substituents is 2. The molecule has 0 aliphatic heterocycles. The second kappa shape index (κ2) is 11.3. The molecule has 2 amide bonds. The van der Waals surface area contributed by atoms with Gasteiger partial charge in [-0.3, -0.25) is 9.59 Å². The standard InChI is InChI=1S/C22H26N4O6/c1-13(15-5-7-17(27)19(11-15)31-3)23-25-21(29)9-10-22(30)26-24-14(2)16-6-8-18(28)20(12-16)32-4/h5-8,11-12,27-28H,9-10H2,1-4H3,(H,25,29)(H,26,30)/b23-13-,24-14-. The molecule has 10 nitrogen and oxygen atoms in total. The molecule has 0 aromatic heterocycles. The summed E-state index contributed by atoms with van der Waals surface area (Å²) in [4.78, 5) is 24.0. The first-order valence-electron chi connectivity index (χ1n) is 9.66. The van der Waals surface area contributed by atoms with Crippen LogP contribution in [0.3, 0.4) is 0 Å². The molecule has 0 unspecified atom stereocenters. The second-order valence-electron chi connectivity index (χ2n) is 6.74. The maximum absolute atomic E-state index is 12.0. The Bertz CT molecular complexity index is 965. The highest BCUT2D eigenvalue weighted by Crippen LogP contribution is 2.27. The fourth-order valence-corrected chi connectivity index (χ4v) is 2.57. The van der Waals surface area contributed by atoms with E-state index in [2.05, 4.69) is 21.1 Å². The van der Waals surface area contributed by atoms with Crippen LogP contribution in [0.25, 0.3) is 0 Å². The summed E-state index contributed by atoms with van der Waals surface area (Å²) in [5, 5.41) is 27.3. The van der Waals surface area contributed by atoms with Crippen molar-refractivity contribution in [3.8, 4) is 23.0 Å². The van der Waals surface area contributed by atoms with Crippen molar-refractivity contribution < 1.29 is 29.3 Å². The molecule has 0 aliphatic rings. The van der Waals surface area contributed by atoms with Gasteiger partial charge in [0.2, 0.25) is 11.8 Å². The fourth-order valence-electron chi connectivity index (χ4n) is 2.57. The van der Waals surface area contributed by atoms with Gasteiger partial charge in [-0.2, -0.15) is 10.2 Å². The third-order valence-electron chi connectivity index (χ3n) is 4.47. The summed E-state index contributed by atoms with van der Waals surface area (Å²) in [5.74, 6) is -0.283. The predicted molar refractivity (Wildman–Crippen MR) is 119 cm³/mol. The number of benzene rings is 2. The average molecular weight is 442 g/mol. The highest BCUT2D eigenvalue weighted by Gasteiger charge is 2.09. The number of nitrogens with one attached hydrogen (secondary N) is 2. The molecule has 2 rings (SSSR count). The van der Waals surface area contributed by atoms with E-state index in [-0.39, 0.29) is 24.3 Å². The van der Waals surface area contributed by atoms with E-state index in [9.17, 15) is 19.8 Å². The van der Waals surface area contributed by atoms with Crippen molar-refractivity contribution in [1.82, 2.24) is 10.9 Å². The third kappa shape index (κ3) is 6.73. The molecule has 0 bridgehead atoms. The third-order valence-corrected chi connectivity index (χ3v) is 4.47. The molecule has 0 fully saturated rings. The molecule has 0 saturated carbocycles. The van der Waals surface area contributed by atoms with Gasteiger partial charge in [-0.15, -0.1) is 0 Å². The molecule has 32 heavy (non-hydrogen) atoms. The van der Waals surface area contributed by atoms with E-state index in [0.717, 1.165) is 0 Å². The summed E-state index contributed by atoms with van der Waals surface area (Å²) in [6.07, 6.45) is -0.160. The number of phenols is 2. The lowest BCUT2D eigenvalue weighted by Gasteiger charge is -2.07. The number of rotatable bonds is 9. The Morgan fingerprint density at radius 2 is 1.16 bits per heavy atom. The topological polar surface area (TPSA) is 142 Å². The SMILES string of the molecule is COc1cc(/C(C)=N\NC(=O)CCC(=O)N/N=C(/C)c2ccc(O)c(OC)c2)ccc1O. The van der Waals surface area contributed by atoms with Crippen LogP contribution in [0, 0.1) is 0 Å². The summed E-state index contributed by atoms with van der Waals surface area (Å²) in [6.45, 7) is 3.38. The molecule has 10 heteroatoms. The molecule has 0 aliphatic carbocycles. The van der Waals surface area contributed by atoms with Gasteiger partial charge in [0.15, 0.2) is 23.0 Å². The van der Waals surface area contributed by atoms with Gasteiger partial charge in [0.1, 0.15) is 0 Å². The fraction of sp³-hybridized carbons (Fsp3) is 0.273. The largest absolute Gasteiger partial charge is 0.504 e. The predicted octanol–water partition coefficient (Wildman–Crippen LogP) is 2.28. The quantitative estimate of drug-likeness (QED) is 0.347. The summed E-state index contributed by atoms with van der Waals surface area (Å²) < 4.78 is 10.1. The van der Waals surface area contributed by atoms with Gasteiger partial charge in [0.25, 0.3) is 0 Å². The smallest absolute Gasteiger partial charge is 0.240 e. The number of methoxy groups -OCH3 is 2. The van der Waals surface area contributed by atoms with Crippen molar-refractivity contribution in [3.63, 3.8) is 0 Å². The number of amides is 2. The van der Waals surface area contributed by atoms with Crippen molar-refractivity contribution in [3.05, 3.63) is 47.5 Å². The number of ether oxygens (including phenoxy) is 2. The van der Waals surface area contributed by atoms with Gasteiger partial charge in [-0.1, -0.05) is 0 Å². The van der Waals surface area contributed by atoms with E-state index in [1.54, 1.807) is 38.1 Å². The lowest BCUT2D eigenvalue weighted by molar-refractivity contribution is -0.126. The van der Waals surface area contributed by atoms with Crippen molar-refractivity contribution in [2.45, 2.75) is 26.7 Å². The van der Waals surface area contributed by atoms with Crippen LogP contribution in [0.5, 0.6) is 23.0 Å². The zero-order valence-corrected chi connectivity index (χ0v) is 18.3. The highest BCUT2D eigenvalue weighted by molar-refractivity contribution is 6.00. The minimum absolute atomic E-state index is 0.00143. The number of hydrazone groups is 2. The Balaban J connectivity index is 1.85. The molecule has 0 atom stereocenters.